The summed E-state index contributed by atoms with van der Waals surface area (Å²) in [6.07, 6.45) is 4.08. The monoisotopic (exact) mass is 353 g/mol. The smallest absolute Gasteiger partial charge is 0.270 e. The molecular formula is C18H28ClN3O2. The third kappa shape index (κ3) is 3.24. The van der Waals surface area contributed by atoms with Gasteiger partial charge in [0.15, 0.2) is 5.78 Å². The molecule has 1 aromatic heterocycles. The molecule has 2 aliphatic heterocycles. The number of hydrogen-bond donors (Lipinski definition) is 2. The summed E-state index contributed by atoms with van der Waals surface area (Å²) in [7, 11) is 0. The molecule has 1 spiro atoms. The van der Waals surface area contributed by atoms with Gasteiger partial charge in [0, 0.05) is 30.9 Å². The molecule has 134 valence electrons. The molecule has 5 nitrogen and oxygen atoms in total. The van der Waals surface area contributed by atoms with Crippen LogP contribution in [0.15, 0.2) is 0 Å². The Morgan fingerprint density at radius 1 is 1.21 bits per heavy atom. The highest BCUT2D eigenvalue weighted by atomic mass is 35.5. The standard InChI is InChI=1S/C18H27N3O2.ClH/c1-4-14-15(13(3)22)12(2)20-16(14)17(23)21-9-6-18(7-10-21)5-8-19-11-18;/h19-20H,4-11H2,1-3H3;1H. The molecule has 0 radical (unpaired) electrons. The number of rotatable bonds is 3. The average Bonchev–Trinajstić information content (AvgIpc) is 3.11. The first kappa shape index (κ1) is 19.0. The van der Waals surface area contributed by atoms with Crippen molar-refractivity contribution >= 4 is 24.1 Å². The van der Waals surface area contributed by atoms with Crippen molar-refractivity contribution in [2.45, 2.75) is 46.5 Å². The number of aromatic amines is 1. The van der Waals surface area contributed by atoms with Crippen molar-refractivity contribution in [1.82, 2.24) is 15.2 Å². The number of carbonyl (C=O) groups excluding carboxylic acids is 2. The van der Waals surface area contributed by atoms with Gasteiger partial charge in [-0.3, -0.25) is 9.59 Å². The van der Waals surface area contributed by atoms with E-state index < -0.39 is 0 Å². The minimum atomic E-state index is 0. The second kappa shape index (κ2) is 7.28. The van der Waals surface area contributed by atoms with Crippen molar-refractivity contribution in [1.29, 1.82) is 0 Å². The fourth-order valence-corrected chi connectivity index (χ4v) is 4.25. The first-order chi connectivity index (χ1) is 11.0. The normalized spacial score (nSPS) is 19.4. The third-order valence-electron chi connectivity index (χ3n) is 5.65. The minimum absolute atomic E-state index is 0. The van der Waals surface area contributed by atoms with Crippen LogP contribution in [0, 0.1) is 12.3 Å². The third-order valence-corrected chi connectivity index (χ3v) is 5.65. The van der Waals surface area contributed by atoms with Gasteiger partial charge in [-0.15, -0.1) is 12.4 Å². The Balaban J connectivity index is 0.00000208. The molecule has 1 amide bonds. The zero-order valence-corrected chi connectivity index (χ0v) is 15.6. The summed E-state index contributed by atoms with van der Waals surface area (Å²) in [6.45, 7) is 9.27. The molecule has 3 heterocycles. The molecule has 0 unspecified atom stereocenters. The fraction of sp³-hybridized carbons (Fsp3) is 0.667. The predicted molar refractivity (Wildman–Crippen MR) is 97.2 cm³/mol. The average molecular weight is 354 g/mol. The van der Waals surface area contributed by atoms with Gasteiger partial charge in [-0.2, -0.15) is 0 Å². The molecule has 2 aliphatic rings. The molecule has 2 N–H and O–H groups in total. The lowest BCUT2D eigenvalue weighted by atomic mass is 9.78. The Morgan fingerprint density at radius 2 is 1.88 bits per heavy atom. The number of carbonyl (C=O) groups is 2. The number of aryl methyl sites for hydroxylation is 1. The summed E-state index contributed by atoms with van der Waals surface area (Å²) in [5.41, 5.74) is 3.41. The molecule has 0 aliphatic carbocycles. The molecule has 3 rings (SSSR count). The number of nitrogens with one attached hydrogen (secondary N) is 2. The summed E-state index contributed by atoms with van der Waals surface area (Å²) >= 11 is 0. The number of likely N-dealkylation sites (tertiary alicyclic amines) is 1. The number of amides is 1. The SMILES string of the molecule is CCc1c(C(=O)N2CCC3(CCNC3)CC2)[nH]c(C)c1C(C)=O.Cl. The van der Waals surface area contributed by atoms with Gasteiger partial charge in [-0.25, -0.2) is 0 Å². The number of halogens is 1. The zero-order chi connectivity index (χ0) is 16.6. The lowest BCUT2D eigenvalue weighted by Crippen LogP contribution is -2.44. The molecule has 0 atom stereocenters. The van der Waals surface area contributed by atoms with Crippen LogP contribution >= 0.6 is 12.4 Å². The van der Waals surface area contributed by atoms with Crippen LogP contribution in [0.3, 0.4) is 0 Å². The van der Waals surface area contributed by atoms with E-state index >= 15 is 0 Å². The Labute approximate surface area is 150 Å². The van der Waals surface area contributed by atoms with E-state index in [0.717, 1.165) is 50.3 Å². The van der Waals surface area contributed by atoms with Crippen LogP contribution < -0.4 is 5.32 Å². The molecule has 6 heteroatoms. The van der Waals surface area contributed by atoms with E-state index in [-0.39, 0.29) is 24.1 Å². The van der Waals surface area contributed by atoms with E-state index in [1.54, 1.807) is 6.92 Å². The Kier molecular flexibility index (Phi) is 5.76. The molecule has 0 saturated carbocycles. The predicted octanol–water partition coefficient (Wildman–Crippen LogP) is 2.73. The van der Waals surface area contributed by atoms with Crippen LogP contribution in [0.5, 0.6) is 0 Å². The fourth-order valence-electron chi connectivity index (χ4n) is 4.25. The molecule has 24 heavy (non-hydrogen) atoms. The Hall–Kier alpha value is -1.33. The van der Waals surface area contributed by atoms with E-state index in [0.29, 0.717) is 23.1 Å². The molecular weight excluding hydrogens is 326 g/mol. The molecule has 2 saturated heterocycles. The topological polar surface area (TPSA) is 65.2 Å². The summed E-state index contributed by atoms with van der Waals surface area (Å²) in [4.78, 5) is 30.0. The maximum atomic E-state index is 12.9. The van der Waals surface area contributed by atoms with Gasteiger partial charge in [0.05, 0.1) is 0 Å². The van der Waals surface area contributed by atoms with Crippen molar-refractivity contribution < 1.29 is 9.59 Å². The van der Waals surface area contributed by atoms with Crippen LogP contribution in [0.1, 0.15) is 65.2 Å². The van der Waals surface area contributed by atoms with E-state index in [1.807, 2.05) is 18.7 Å². The number of hydrogen-bond acceptors (Lipinski definition) is 3. The maximum Gasteiger partial charge on any atom is 0.270 e. The molecule has 0 bridgehead atoms. The molecule has 1 aromatic rings. The lowest BCUT2D eigenvalue weighted by molar-refractivity contribution is 0.0601. The van der Waals surface area contributed by atoms with E-state index in [9.17, 15) is 9.59 Å². The van der Waals surface area contributed by atoms with Gasteiger partial charge in [0.25, 0.3) is 5.91 Å². The van der Waals surface area contributed by atoms with E-state index in [2.05, 4.69) is 10.3 Å². The second-order valence-electron chi connectivity index (χ2n) is 7.11. The summed E-state index contributed by atoms with van der Waals surface area (Å²) in [6, 6.07) is 0. The number of aromatic nitrogens is 1. The van der Waals surface area contributed by atoms with Gasteiger partial charge in [-0.1, -0.05) is 6.92 Å². The van der Waals surface area contributed by atoms with Crippen LogP contribution in [0.4, 0.5) is 0 Å². The highest BCUT2D eigenvalue weighted by molar-refractivity contribution is 6.02. The van der Waals surface area contributed by atoms with Gasteiger partial charge in [-0.05, 0) is 57.1 Å². The summed E-state index contributed by atoms with van der Waals surface area (Å²) < 4.78 is 0. The molecule has 2 fully saturated rings. The van der Waals surface area contributed by atoms with Crippen molar-refractivity contribution in [2.24, 2.45) is 5.41 Å². The van der Waals surface area contributed by atoms with Gasteiger partial charge in [0.1, 0.15) is 5.69 Å². The van der Waals surface area contributed by atoms with Crippen LogP contribution in [-0.4, -0.2) is 47.8 Å². The molecule has 0 aromatic carbocycles. The van der Waals surface area contributed by atoms with Gasteiger partial charge >= 0.3 is 0 Å². The van der Waals surface area contributed by atoms with E-state index in [4.69, 9.17) is 0 Å². The Bertz CT molecular complexity index is 622. The van der Waals surface area contributed by atoms with Crippen molar-refractivity contribution in [3.8, 4) is 0 Å². The number of nitrogens with zero attached hydrogens (tertiary/aromatic N) is 1. The van der Waals surface area contributed by atoms with Crippen LogP contribution in [0.2, 0.25) is 0 Å². The Morgan fingerprint density at radius 3 is 2.38 bits per heavy atom. The van der Waals surface area contributed by atoms with Gasteiger partial charge < -0.3 is 15.2 Å². The highest BCUT2D eigenvalue weighted by Crippen LogP contribution is 2.37. The first-order valence-corrected chi connectivity index (χ1v) is 8.70. The van der Waals surface area contributed by atoms with E-state index in [1.165, 1.54) is 6.42 Å². The highest BCUT2D eigenvalue weighted by Gasteiger charge is 2.38. The van der Waals surface area contributed by atoms with Crippen LogP contribution in [0.25, 0.3) is 0 Å². The zero-order valence-electron chi connectivity index (χ0n) is 14.8. The van der Waals surface area contributed by atoms with Gasteiger partial charge in [0.2, 0.25) is 0 Å². The lowest BCUT2D eigenvalue weighted by Gasteiger charge is -2.38. The van der Waals surface area contributed by atoms with Crippen molar-refractivity contribution in [3.05, 3.63) is 22.5 Å². The second-order valence-corrected chi connectivity index (χ2v) is 7.11. The first-order valence-electron chi connectivity index (χ1n) is 8.70. The number of piperidine rings is 1. The number of Topliss-reactive ketones (excluding diaryl/α,β-unsaturated/α-hetero) is 1. The summed E-state index contributed by atoms with van der Waals surface area (Å²) in [5, 5.41) is 3.45. The number of ketones is 1. The number of H-pyrrole nitrogens is 1. The van der Waals surface area contributed by atoms with Crippen molar-refractivity contribution in [2.75, 3.05) is 26.2 Å². The van der Waals surface area contributed by atoms with Crippen molar-refractivity contribution in [3.63, 3.8) is 0 Å². The quantitative estimate of drug-likeness (QED) is 0.821. The maximum absolute atomic E-state index is 12.9. The minimum Gasteiger partial charge on any atom is -0.354 e. The van der Waals surface area contributed by atoms with Crippen LogP contribution in [-0.2, 0) is 6.42 Å². The summed E-state index contributed by atoms with van der Waals surface area (Å²) in [5.74, 6) is 0.0857. The largest absolute Gasteiger partial charge is 0.354 e.